The molecule has 0 bridgehead atoms. The third kappa shape index (κ3) is 6.85. The minimum absolute atomic E-state index is 0.0457. The van der Waals surface area contributed by atoms with Gasteiger partial charge in [0.05, 0.1) is 18.2 Å². The Bertz CT molecular complexity index is 1480. The number of carboxylic acids is 1. The first-order valence-electron chi connectivity index (χ1n) is 13.3. The van der Waals surface area contributed by atoms with Gasteiger partial charge in [-0.25, -0.2) is 15.0 Å². The van der Waals surface area contributed by atoms with E-state index < -0.39 is 23.8 Å². The summed E-state index contributed by atoms with van der Waals surface area (Å²) in [6, 6.07) is 17.9. The van der Waals surface area contributed by atoms with Crippen molar-refractivity contribution in [2.75, 3.05) is 24.6 Å². The van der Waals surface area contributed by atoms with Crippen LogP contribution in [0.2, 0.25) is 0 Å². The first kappa shape index (κ1) is 28.1. The summed E-state index contributed by atoms with van der Waals surface area (Å²) in [4.78, 5) is 25.9. The Labute approximate surface area is 234 Å². The number of oxazole rings is 1. The molecule has 1 fully saturated rings. The molecule has 0 radical (unpaired) electrons. The van der Waals surface area contributed by atoms with Gasteiger partial charge < -0.3 is 19.2 Å². The van der Waals surface area contributed by atoms with Crippen LogP contribution in [0.5, 0.6) is 5.75 Å². The Kier molecular flexibility index (Phi) is 8.23. The second-order valence-corrected chi connectivity index (χ2v) is 10.0. The van der Waals surface area contributed by atoms with Crippen LogP contribution in [0.15, 0.2) is 71.3 Å². The van der Waals surface area contributed by atoms with Crippen molar-refractivity contribution < 1.29 is 32.2 Å². The van der Waals surface area contributed by atoms with Crippen LogP contribution in [0.4, 0.5) is 19.1 Å². The van der Waals surface area contributed by atoms with Crippen LogP contribution < -0.4 is 9.64 Å². The van der Waals surface area contributed by atoms with Crippen LogP contribution in [-0.4, -0.2) is 45.7 Å². The van der Waals surface area contributed by atoms with Gasteiger partial charge >= 0.3 is 12.1 Å². The number of benzene rings is 2. The predicted molar refractivity (Wildman–Crippen MR) is 145 cm³/mol. The molecule has 0 spiro atoms. The van der Waals surface area contributed by atoms with Crippen molar-refractivity contribution in [3.05, 3.63) is 89.6 Å². The molecular weight excluding hydrogens is 537 g/mol. The van der Waals surface area contributed by atoms with E-state index in [0.29, 0.717) is 31.1 Å². The number of carbonyl (C=O) groups is 1. The van der Waals surface area contributed by atoms with E-state index in [4.69, 9.17) is 9.15 Å². The SMILES string of the molecule is Cc1oc(-c2ccccc2)nc1CCOc1ccc(C[C@@H]2CN(c3nccc(C(F)(F)F)n3)CC[C@@H]2C(=O)O)cc1. The first-order chi connectivity index (χ1) is 19.7. The van der Waals surface area contributed by atoms with Gasteiger partial charge in [0.2, 0.25) is 11.8 Å². The number of halogens is 3. The van der Waals surface area contributed by atoms with Gasteiger partial charge in [-0.05, 0) is 61.6 Å². The minimum Gasteiger partial charge on any atom is -0.493 e. The van der Waals surface area contributed by atoms with Gasteiger partial charge in [-0.15, -0.1) is 0 Å². The lowest BCUT2D eigenvalue weighted by Crippen LogP contribution is -2.45. The number of aryl methyl sites for hydroxylation is 1. The Morgan fingerprint density at radius 3 is 2.56 bits per heavy atom. The van der Waals surface area contributed by atoms with Gasteiger partial charge in [-0.3, -0.25) is 4.79 Å². The lowest BCUT2D eigenvalue weighted by atomic mass is 9.81. The second-order valence-electron chi connectivity index (χ2n) is 10.0. The number of hydrogen-bond acceptors (Lipinski definition) is 7. The van der Waals surface area contributed by atoms with Crippen molar-refractivity contribution in [3.63, 3.8) is 0 Å². The highest BCUT2D eigenvalue weighted by Crippen LogP contribution is 2.32. The van der Waals surface area contributed by atoms with E-state index in [2.05, 4.69) is 15.0 Å². The number of rotatable bonds is 9. The Morgan fingerprint density at radius 2 is 1.85 bits per heavy atom. The zero-order valence-electron chi connectivity index (χ0n) is 22.3. The monoisotopic (exact) mass is 566 g/mol. The van der Waals surface area contributed by atoms with Crippen molar-refractivity contribution in [2.24, 2.45) is 11.8 Å². The molecule has 2 aromatic heterocycles. The summed E-state index contributed by atoms with van der Waals surface area (Å²) < 4.78 is 51.1. The summed E-state index contributed by atoms with van der Waals surface area (Å²) in [5.41, 5.74) is 1.62. The standard InChI is InChI=1S/C30H29F3N4O4/c1-19-25(35-27(41-19)21-5-3-2-4-6-21)13-16-40-23-9-7-20(8-10-23)17-22-18-37(15-12-24(22)28(38)39)29-34-14-11-26(36-29)30(31,32)33/h2-11,14,22,24H,12-13,15-18H2,1H3,(H,38,39)/t22-,24+/m1/s1. The van der Waals surface area contributed by atoms with Gasteiger partial charge in [-0.1, -0.05) is 30.3 Å². The predicted octanol–water partition coefficient (Wildman–Crippen LogP) is 5.85. The fourth-order valence-corrected chi connectivity index (χ4v) is 5.06. The molecule has 0 saturated carbocycles. The fraction of sp³-hybridized carbons (Fsp3) is 0.333. The molecule has 8 nitrogen and oxygen atoms in total. The molecule has 0 unspecified atom stereocenters. The Morgan fingerprint density at radius 1 is 1.10 bits per heavy atom. The molecule has 2 aromatic carbocycles. The lowest BCUT2D eigenvalue weighted by Gasteiger charge is -2.37. The molecular formula is C30H29F3N4O4. The quantitative estimate of drug-likeness (QED) is 0.269. The number of aromatic nitrogens is 3. The molecule has 3 heterocycles. The Balaban J connectivity index is 1.19. The number of ether oxygens (including phenoxy) is 1. The third-order valence-electron chi connectivity index (χ3n) is 7.21. The molecule has 214 valence electrons. The summed E-state index contributed by atoms with van der Waals surface area (Å²) in [6.07, 6.45) is -2.21. The number of hydrogen-bond donors (Lipinski definition) is 1. The van der Waals surface area contributed by atoms with Crippen LogP contribution in [0, 0.1) is 18.8 Å². The van der Waals surface area contributed by atoms with E-state index >= 15 is 0 Å². The van der Waals surface area contributed by atoms with Crippen molar-refractivity contribution in [1.82, 2.24) is 15.0 Å². The van der Waals surface area contributed by atoms with E-state index in [0.717, 1.165) is 34.8 Å². The third-order valence-corrected chi connectivity index (χ3v) is 7.21. The summed E-state index contributed by atoms with van der Waals surface area (Å²) in [5.74, 6) is 0.0554. The maximum Gasteiger partial charge on any atom is 0.433 e. The summed E-state index contributed by atoms with van der Waals surface area (Å²) >= 11 is 0. The van der Waals surface area contributed by atoms with E-state index in [9.17, 15) is 23.1 Å². The maximum atomic E-state index is 13.1. The molecule has 11 heteroatoms. The molecule has 5 rings (SSSR count). The number of aliphatic carboxylic acids is 1. The summed E-state index contributed by atoms with van der Waals surface area (Å²) in [6.45, 7) is 2.77. The highest BCUT2D eigenvalue weighted by molar-refractivity contribution is 5.71. The average Bonchev–Trinajstić information content (AvgIpc) is 3.34. The average molecular weight is 567 g/mol. The number of piperidine rings is 1. The molecule has 1 aliphatic rings. The van der Waals surface area contributed by atoms with Gasteiger partial charge in [0.1, 0.15) is 17.2 Å². The van der Waals surface area contributed by atoms with Crippen LogP contribution in [0.25, 0.3) is 11.5 Å². The van der Waals surface area contributed by atoms with Gasteiger partial charge in [0.15, 0.2) is 0 Å². The molecule has 4 aromatic rings. The molecule has 0 amide bonds. The molecule has 1 saturated heterocycles. The number of carboxylic acid groups (broad SMARTS) is 1. The summed E-state index contributed by atoms with van der Waals surface area (Å²) in [7, 11) is 0. The number of anilines is 1. The highest BCUT2D eigenvalue weighted by Gasteiger charge is 2.37. The highest BCUT2D eigenvalue weighted by atomic mass is 19.4. The van der Waals surface area contributed by atoms with E-state index in [-0.39, 0.29) is 31.4 Å². The van der Waals surface area contributed by atoms with Crippen LogP contribution in [0.3, 0.4) is 0 Å². The van der Waals surface area contributed by atoms with Crippen LogP contribution in [-0.2, 0) is 23.8 Å². The Hall–Kier alpha value is -4.41. The van der Waals surface area contributed by atoms with Gasteiger partial charge in [-0.2, -0.15) is 13.2 Å². The number of nitrogens with zero attached hydrogens (tertiary/aromatic N) is 4. The zero-order valence-corrected chi connectivity index (χ0v) is 22.3. The summed E-state index contributed by atoms with van der Waals surface area (Å²) in [5, 5.41) is 9.78. The molecule has 41 heavy (non-hydrogen) atoms. The molecule has 1 N–H and O–H groups in total. The van der Waals surface area contributed by atoms with Crippen molar-refractivity contribution in [3.8, 4) is 17.2 Å². The largest absolute Gasteiger partial charge is 0.493 e. The van der Waals surface area contributed by atoms with Crippen LogP contribution in [0.1, 0.15) is 29.1 Å². The topological polar surface area (TPSA) is 102 Å². The smallest absolute Gasteiger partial charge is 0.433 e. The maximum absolute atomic E-state index is 13.1. The normalized spacial score (nSPS) is 17.4. The lowest BCUT2D eigenvalue weighted by molar-refractivity contribution is -0.144. The van der Waals surface area contributed by atoms with E-state index in [1.54, 1.807) is 4.90 Å². The van der Waals surface area contributed by atoms with Gasteiger partial charge in [0.25, 0.3) is 0 Å². The zero-order chi connectivity index (χ0) is 29.0. The molecule has 2 atom stereocenters. The van der Waals surface area contributed by atoms with E-state index in [1.165, 1.54) is 0 Å². The second kappa shape index (κ2) is 12.0. The number of alkyl halides is 3. The van der Waals surface area contributed by atoms with Crippen LogP contribution >= 0.6 is 0 Å². The minimum atomic E-state index is -4.58. The molecule has 1 aliphatic heterocycles. The van der Waals surface area contributed by atoms with Crippen molar-refractivity contribution in [2.45, 2.75) is 32.4 Å². The van der Waals surface area contributed by atoms with Crippen molar-refractivity contribution >= 4 is 11.9 Å². The first-order valence-corrected chi connectivity index (χ1v) is 13.3. The molecule has 0 aliphatic carbocycles. The van der Waals surface area contributed by atoms with Crippen molar-refractivity contribution in [1.29, 1.82) is 0 Å². The van der Waals surface area contributed by atoms with Gasteiger partial charge in [0, 0.05) is 31.3 Å². The fourth-order valence-electron chi connectivity index (χ4n) is 5.06. The van der Waals surface area contributed by atoms with E-state index in [1.807, 2.05) is 61.5 Å².